The number of ether oxygens (including phenoxy) is 2. The van der Waals surface area contributed by atoms with Crippen LogP contribution in [0.3, 0.4) is 0 Å². The SMILES string of the molecule is Cc1ccnn1-c1ccc(C(=O)OCC(=O)Nc2ccc(OC(F)F)cc2)cc1. The van der Waals surface area contributed by atoms with Crippen molar-refractivity contribution in [1.82, 2.24) is 9.78 Å². The highest BCUT2D eigenvalue weighted by Gasteiger charge is 2.12. The van der Waals surface area contributed by atoms with Crippen LogP contribution in [0.15, 0.2) is 60.8 Å². The molecular formula is C20H17F2N3O4. The Labute approximate surface area is 164 Å². The first kappa shape index (κ1) is 20.0. The number of benzene rings is 2. The number of hydrogen-bond acceptors (Lipinski definition) is 5. The van der Waals surface area contributed by atoms with Crippen LogP contribution in [-0.4, -0.2) is 34.9 Å². The van der Waals surface area contributed by atoms with Crippen molar-refractivity contribution in [3.63, 3.8) is 0 Å². The average Bonchev–Trinajstić information content (AvgIpc) is 3.13. The molecule has 0 atom stereocenters. The number of amides is 1. The molecule has 3 rings (SSSR count). The number of aromatic nitrogens is 2. The molecule has 1 aromatic heterocycles. The second kappa shape index (κ2) is 8.96. The van der Waals surface area contributed by atoms with Crippen LogP contribution >= 0.6 is 0 Å². The Morgan fingerprint density at radius 2 is 1.76 bits per heavy atom. The zero-order valence-corrected chi connectivity index (χ0v) is 15.3. The number of halogens is 2. The van der Waals surface area contributed by atoms with E-state index in [1.165, 1.54) is 24.3 Å². The van der Waals surface area contributed by atoms with E-state index in [4.69, 9.17) is 4.74 Å². The van der Waals surface area contributed by atoms with E-state index in [9.17, 15) is 18.4 Å². The first-order chi connectivity index (χ1) is 13.9. The molecule has 9 heteroatoms. The number of aryl methyl sites for hydroxylation is 1. The normalized spacial score (nSPS) is 10.6. The molecule has 1 heterocycles. The van der Waals surface area contributed by atoms with Gasteiger partial charge < -0.3 is 14.8 Å². The van der Waals surface area contributed by atoms with Crippen LogP contribution < -0.4 is 10.1 Å². The smallest absolute Gasteiger partial charge is 0.387 e. The molecule has 0 fully saturated rings. The zero-order chi connectivity index (χ0) is 20.8. The Morgan fingerprint density at radius 1 is 1.07 bits per heavy atom. The van der Waals surface area contributed by atoms with Crippen molar-refractivity contribution >= 4 is 17.6 Å². The maximum Gasteiger partial charge on any atom is 0.387 e. The highest BCUT2D eigenvalue weighted by Crippen LogP contribution is 2.17. The summed E-state index contributed by atoms with van der Waals surface area (Å²) in [6.07, 6.45) is 1.68. The third-order valence-electron chi connectivity index (χ3n) is 3.88. The maximum atomic E-state index is 12.1. The molecule has 0 spiro atoms. The van der Waals surface area contributed by atoms with Gasteiger partial charge in [-0.05, 0) is 61.5 Å². The highest BCUT2D eigenvalue weighted by molar-refractivity contribution is 5.95. The molecule has 150 valence electrons. The van der Waals surface area contributed by atoms with Crippen molar-refractivity contribution < 1.29 is 27.8 Å². The molecule has 0 saturated carbocycles. The number of nitrogens with zero attached hydrogens (tertiary/aromatic N) is 2. The predicted octanol–water partition coefficient (Wildman–Crippen LogP) is 3.58. The van der Waals surface area contributed by atoms with Gasteiger partial charge in [0.05, 0.1) is 11.3 Å². The summed E-state index contributed by atoms with van der Waals surface area (Å²) < 4.78 is 35.2. The van der Waals surface area contributed by atoms with Crippen LogP contribution in [0, 0.1) is 6.92 Å². The number of hydrogen-bond donors (Lipinski definition) is 1. The van der Waals surface area contributed by atoms with Crippen LogP contribution in [-0.2, 0) is 9.53 Å². The van der Waals surface area contributed by atoms with Crippen molar-refractivity contribution in [3.8, 4) is 11.4 Å². The quantitative estimate of drug-likeness (QED) is 0.612. The number of alkyl halides is 2. The number of nitrogens with one attached hydrogen (secondary N) is 1. The summed E-state index contributed by atoms with van der Waals surface area (Å²) >= 11 is 0. The molecule has 0 aliphatic heterocycles. The van der Waals surface area contributed by atoms with Gasteiger partial charge in [-0.1, -0.05) is 0 Å². The van der Waals surface area contributed by atoms with Crippen molar-refractivity contribution in [1.29, 1.82) is 0 Å². The number of esters is 1. The molecule has 1 N–H and O–H groups in total. The molecule has 29 heavy (non-hydrogen) atoms. The van der Waals surface area contributed by atoms with E-state index in [1.807, 2.05) is 13.0 Å². The van der Waals surface area contributed by atoms with Gasteiger partial charge in [-0.25, -0.2) is 9.48 Å². The first-order valence-corrected chi connectivity index (χ1v) is 8.55. The number of carbonyl (C=O) groups is 2. The lowest BCUT2D eigenvalue weighted by Gasteiger charge is -2.09. The fraction of sp³-hybridized carbons (Fsp3) is 0.150. The summed E-state index contributed by atoms with van der Waals surface area (Å²) in [7, 11) is 0. The predicted molar refractivity (Wildman–Crippen MR) is 100 cm³/mol. The summed E-state index contributed by atoms with van der Waals surface area (Å²) in [5.41, 5.74) is 2.39. The largest absolute Gasteiger partial charge is 0.452 e. The minimum absolute atomic E-state index is 0.0295. The van der Waals surface area contributed by atoms with Gasteiger partial charge in [0, 0.05) is 17.6 Å². The second-order valence-electron chi connectivity index (χ2n) is 5.96. The van der Waals surface area contributed by atoms with Crippen LogP contribution in [0.5, 0.6) is 5.75 Å². The van der Waals surface area contributed by atoms with Crippen molar-refractivity contribution in [3.05, 3.63) is 72.1 Å². The van der Waals surface area contributed by atoms with E-state index in [-0.39, 0.29) is 5.75 Å². The van der Waals surface area contributed by atoms with Crippen LogP contribution in [0.4, 0.5) is 14.5 Å². The maximum absolute atomic E-state index is 12.1. The molecule has 0 bridgehead atoms. The molecule has 0 unspecified atom stereocenters. The molecule has 0 aliphatic rings. The van der Waals surface area contributed by atoms with Gasteiger partial charge in [0.2, 0.25) is 0 Å². The molecule has 3 aromatic rings. The van der Waals surface area contributed by atoms with E-state index in [0.29, 0.717) is 11.3 Å². The molecular weight excluding hydrogens is 384 g/mol. The van der Waals surface area contributed by atoms with Crippen molar-refractivity contribution in [2.24, 2.45) is 0 Å². The number of carbonyl (C=O) groups excluding carboxylic acids is 2. The second-order valence-corrected chi connectivity index (χ2v) is 5.96. The van der Waals surface area contributed by atoms with Crippen LogP contribution in [0.1, 0.15) is 16.1 Å². The minimum Gasteiger partial charge on any atom is -0.452 e. The molecule has 0 radical (unpaired) electrons. The van der Waals surface area contributed by atoms with Gasteiger partial charge in [-0.15, -0.1) is 0 Å². The molecule has 1 amide bonds. The highest BCUT2D eigenvalue weighted by atomic mass is 19.3. The third kappa shape index (κ3) is 5.38. The number of rotatable bonds is 7. The van der Waals surface area contributed by atoms with E-state index < -0.39 is 25.1 Å². The van der Waals surface area contributed by atoms with Gasteiger partial charge in [0.25, 0.3) is 5.91 Å². The molecule has 0 aliphatic carbocycles. The molecule has 7 nitrogen and oxygen atoms in total. The van der Waals surface area contributed by atoms with Crippen molar-refractivity contribution in [2.45, 2.75) is 13.5 Å². The zero-order valence-electron chi connectivity index (χ0n) is 15.3. The lowest BCUT2D eigenvalue weighted by atomic mass is 10.2. The summed E-state index contributed by atoms with van der Waals surface area (Å²) in [6.45, 7) is -1.51. The Balaban J connectivity index is 1.51. The minimum atomic E-state index is -2.92. The van der Waals surface area contributed by atoms with Gasteiger partial charge in [0.15, 0.2) is 6.61 Å². The summed E-state index contributed by atoms with van der Waals surface area (Å²) in [4.78, 5) is 24.0. The third-order valence-corrected chi connectivity index (χ3v) is 3.88. The van der Waals surface area contributed by atoms with Crippen LogP contribution in [0.2, 0.25) is 0 Å². The van der Waals surface area contributed by atoms with Crippen LogP contribution in [0.25, 0.3) is 5.69 Å². The van der Waals surface area contributed by atoms with E-state index in [0.717, 1.165) is 11.4 Å². The van der Waals surface area contributed by atoms with Crippen molar-refractivity contribution in [2.75, 3.05) is 11.9 Å². The van der Waals surface area contributed by atoms with E-state index in [1.54, 1.807) is 35.1 Å². The standard InChI is InChI=1S/C20H17F2N3O4/c1-13-10-11-23-25(13)16-6-2-14(3-7-16)19(27)28-12-18(26)24-15-4-8-17(9-5-15)29-20(21)22/h2-11,20H,12H2,1H3,(H,24,26). The summed E-state index contributed by atoms with van der Waals surface area (Å²) in [5.74, 6) is -1.24. The monoisotopic (exact) mass is 401 g/mol. The lowest BCUT2D eigenvalue weighted by molar-refractivity contribution is -0.119. The lowest BCUT2D eigenvalue weighted by Crippen LogP contribution is -2.21. The van der Waals surface area contributed by atoms with E-state index >= 15 is 0 Å². The Kier molecular flexibility index (Phi) is 6.18. The number of anilines is 1. The molecule has 2 aromatic carbocycles. The first-order valence-electron chi connectivity index (χ1n) is 8.55. The fourth-order valence-electron chi connectivity index (χ4n) is 2.51. The fourth-order valence-corrected chi connectivity index (χ4v) is 2.51. The summed E-state index contributed by atoms with van der Waals surface area (Å²) in [5, 5.41) is 6.67. The Hall–Kier alpha value is -3.75. The van der Waals surface area contributed by atoms with Gasteiger partial charge >= 0.3 is 12.6 Å². The van der Waals surface area contributed by atoms with E-state index in [2.05, 4.69) is 15.2 Å². The van der Waals surface area contributed by atoms with Gasteiger partial charge in [0.1, 0.15) is 5.75 Å². The van der Waals surface area contributed by atoms with Gasteiger partial charge in [-0.2, -0.15) is 13.9 Å². The van der Waals surface area contributed by atoms with Gasteiger partial charge in [-0.3, -0.25) is 4.79 Å². The summed E-state index contributed by atoms with van der Waals surface area (Å²) in [6, 6.07) is 13.8. The molecule has 0 saturated heterocycles. The average molecular weight is 401 g/mol. The Morgan fingerprint density at radius 3 is 2.34 bits per heavy atom. The Bertz CT molecular complexity index is 986. The topological polar surface area (TPSA) is 82.5 Å².